The lowest BCUT2D eigenvalue weighted by molar-refractivity contribution is 0.0970. The predicted octanol–water partition coefficient (Wildman–Crippen LogP) is 4.97. The zero-order valence-electron chi connectivity index (χ0n) is 17.8. The number of amides is 1. The summed E-state index contributed by atoms with van der Waals surface area (Å²) in [6.07, 6.45) is 0. The Hall–Kier alpha value is -4.30. The molecule has 0 aliphatic carbocycles. The number of benzene rings is 3. The van der Waals surface area contributed by atoms with Gasteiger partial charge < -0.3 is 9.15 Å². The van der Waals surface area contributed by atoms with Crippen LogP contribution in [0.4, 0.5) is 5.13 Å². The van der Waals surface area contributed by atoms with Crippen molar-refractivity contribution in [1.29, 1.82) is 0 Å². The number of nitrogens with zero attached hydrogens (tertiary/aromatic N) is 3. The Morgan fingerprint density at radius 2 is 1.79 bits per heavy atom. The SMILES string of the molecule is O=C1c2oc3ccccc3c(=O)c2C(c2cccc(OCc3ccccc3)c2)N1c1nncs1. The molecule has 5 aromatic rings. The molecule has 34 heavy (non-hydrogen) atoms. The molecule has 166 valence electrons. The van der Waals surface area contributed by atoms with Gasteiger partial charge in [0.15, 0.2) is 5.43 Å². The second-order valence-corrected chi connectivity index (χ2v) is 8.63. The fourth-order valence-electron chi connectivity index (χ4n) is 4.22. The Balaban J connectivity index is 1.47. The van der Waals surface area contributed by atoms with Crippen molar-refractivity contribution < 1.29 is 13.9 Å². The molecule has 0 saturated carbocycles. The Labute approximate surface area is 197 Å². The number of carbonyl (C=O) groups excluding carboxylic acids is 1. The van der Waals surface area contributed by atoms with Crippen LogP contribution in [0.15, 0.2) is 93.6 Å². The predicted molar refractivity (Wildman–Crippen MR) is 128 cm³/mol. The maximum atomic E-state index is 13.6. The topological polar surface area (TPSA) is 85.5 Å². The molecule has 0 N–H and O–H groups in total. The molecule has 3 heterocycles. The van der Waals surface area contributed by atoms with Gasteiger partial charge >= 0.3 is 0 Å². The van der Waals surface area contributed by atoms with E-state index in [0.29, 0.717) is 34.0 Å². The monoisotopic (exact) mass is 467 g/mol. The van der Waals surface area contributed by atoms with Gasteiger partial charge in [-0.3, -0.25) is 14.5 Å². The van der Waals surface area contributed by atoms with Gasteiger partial charge in [0.05, 0.1) is 17.0 Å². The summed E-state index contributed by atoms with van der Waals surface area (Å²) in [6, 6.07) is 23.5. The molecule has 1 amide bonds. The van der Waals surface area contributed by atoms with E-state index in [0.717, 1.165) is 11.1 Å². The van der Waals surface area contributed by atoms with Crippen LogP contribution in [0.25, 0.3) is 11.0 Å². The van der Waals surface area contributed by atoms with Gasteiger partial charge in [-0.25, -0.2) is 0 Å². The van der Waals surface area contributed by atoms with Crippen molar-refractivity contribution in [2.75, 3.05) is 4.90 Å². The summed E-state index contributed by atoms with van der Waals surface area (Å²) >= 11 is 1.22. The van der Waals surface area contributed by atoms with Gasteiger partial charge in [0, 0.05) is 0 Å². The highest BCUT2D eigenvalue weighted by Gasteiger charge is 2.45. The molecule has 2 aromatic heterocycles. The van der Waals surface area contributed by atoms with Gasteiger partial charge in [-0.2, -0.15) is 0 Å². The largest absolute Gasteiger partial charge is 0.489 e. The second kappa shape index (κ2) is 8.24. The molecule has 7 nitrogen and oxygen atoms in total. The van der Waals surface area contributed by atoms with E-state index < -0.39 is 11.9 Å². The normalized spacial score (nSPS) is 15.0. The summed E-state index contributed by atoms with van der Waals surface area (Å²) in [4.78, 5) is 28.5. The summed E-state index contributed by atoms with van der Waals surface area (Å²) in [5.41, 5.74) is 3.73. The molecule has 0 saturated heterocycles. The maximum Gasteiger partial charge on any atom is 0.297 e. The Morgan fingerprint density at radius 1 is 0.971 bits per heavy atom. The number of rotatable bonds is 5. The molecule has 1 atom stereocenters. The number of anilines is 1. The molecule has 8 heteroatoms. The van der Waals surface area contributed by atoms with Crippen LogP contribution in [0.5, 0.6) is 5.75 Å². The third kappa shape index (κ3) is 3.36. The van der Waals surface area contributed by atoms with Crippen molar-refractivity contribution in [2.45, 2.75) is 12.6 Å². The molecular formula is C26H17N3O4S. The van der Waals surface area contributed by atoms with E-state index in [1.54, 1.807) is 29.8 Å². The Morgan fingerprint density at radius 3 is 2.62 bits per heavy atom. The van der Waals surface area contributed by atoms with E-state index in [2.05, 4.69) is 10.2 Å². The third-order valence-corrected chi connectivity index (χ3v) is 6.44. The first-order valence-corrected chi connectivity index (χ1v) is 11.5. The summed E-state index contributed by atoms with van der Waals surface area (Å²) in [6.45, 7) is 0.400. The van der Waals surface area contributed by atoms with Crippen LogP contribution in [-0.2, 0) is 6.61 Å². The molecule has 0 spiro atoms. The van der Waals surface area contributed by atoms with Gasteiger partial charge in [-0.1, -0.05) is 65.9 Å². The number of hydrogen-bond acceptors (Lipinski definition) is 7. The van der Waals surface area contributed by atoms with Crippen molar-refractivity contribution in [1.82, 2.24) is 10.2 Å². The third-order valence-electron chi connectivity index (χ3n) is 5.75. The van der Waals surface area contributed by atoms with Crippen LogP contribution in [0.1, 0.15) is 33.3 Å². The lowest BCUT2D eigenvalue weighted by Gasteiger charge is -2.22. The zero-order valence-corrected chi connectivity index (χ0v) is 18.6. The minimum atomic E-state index is -0.711. The number of ether oxygens (including phenoxy) is 1. The van der Waals surface area contributed by atoms with Gasteiger partial charge in [-0.15, -0.1) is 10.2 Å². The molecule has 3 aromatic carbocycles. The van der Waals surface area contributed by atoms with Crippen molar-refractivity contribution in [3.05, 3.63) is 117 Å². The highest BCUT2D eigenvalue weighted by atomic mass is 32.1. The van der Waals surface area contributed by atoms with Crippen molar-refractivity contribution in [3.63, 3.8) is 0 Å². The fraction of sp³-hybridized carbons (Fsp3) is 0.0769. The number of carbonyl (C=O) groups is 1. The molecule has 0 fully saturated rings. The van der Waals surface area contributed by atoms with Crippen molar-refractivity contribution in [3.8, 4) is 5.75 Å². The number of fused-ring (bicyclic) bond motifs is 2. The van der Waals surface area contributed by atoms with E-state index in [1.807, 2.05) is 54.6 Å². The standard InChI is InChI=1S/C26H17N3O4S/c30-23-19-11-4-5-12-20(19)33-24-21(23)22(29(25(24)31)26-28-27-15-34-26)17-9-6-10-18(13-17)32-14-16-7-2-1-3-8-16/h1-13,15,22H,14H2. The average molecular weight is 468 g/mol. The second-order valence-electron chi connectivity index (χ2n) is 7.82. The lowest BCUT2D eigenvalue weighted by atomic mass is 9.98. The Bertz CT molecular complexity index is 1560. The molecule has 0 radical (unpaired) electrons. The van der Waals surface area contributed by atoms with Gasteiger partial charge in [-0.05, 0) is 35.4 Å². The van der Waals surface area contributed by atoms with Crippen LogP contribution in [-0.4, -0.2) is 16.1 Å². The van der Waals surface area contributed by atoms with Crippen LogP contribution in [0.3, 0.4) is 0 Å². The highest BCUT2D eigenvalue weighted by molar-refractivity contribution is 7.13. The summed E-state index contributed by atoms with van der Waals surface area (Å²) in [7, 11) is 0. The summed E-state index contributed by atoms with van der Waals surface area (Å²) < 4.78 is 12.0. The van der Waals surface area contributed by atoms with E-state index in [1.165, 1.54) is 16.2 Å². The summed E-state index contributed by atoms with van der Waals surface area (Å²) in [5, 5.41) is 8.81. The number of hydrogen-bond donors (Lipinski definition) is 0. The van der Waals surface area contributed by atoms with Gasteiger partial charge in [0.25, 0.3) is 5.91 Å². The average Bonchev–Trinajstić information content (AvgIpc) is 3.50. The molecule has 0 bridgehead atoms. The van der Waals surface area contributed by atoms with Crippen molar-refractivity contribution in [2.24, 2.45) is 0 Å². The van der Waals surface area contributed by atoms with E-state index in [4.69, 9.17) is 9.15 Å². The minimum Gasteiger partial charge on any atom is -0.489 e. The Kier molecular flexibility index (Phi) is 4.92. The first kappa shape index (κ1) is 20.3. The van der Waals surface area contributed by atoms with E-state index in [9.17, 15) is 9.59 Å². The molecule has 1 aliphatic rings. The first-order valence-electron chi connectivity index (χ1n) is 10.6. The minimum absolute atomic E-state index is 0.0273. The lowest BCUT2D eigenvalue weighted by Crippen LogP contribution is -2.29. The van der Waals surface area contributed by atoms with Crippen LogP contribution < -0.4 is 15.1 Å². The number of aromatic nitrogens is 2. The van der Waals surface area contributed by atoms with Gasteiger partial charge in [0.2, 0.25) is 10.9 Å². The highest BCUT2D eigenvalue weighted by Crippen LogP contribution is 2.42. The smallest absolute Gasteiger partial charge is 0.297 e. The van der Waals surface area contributed by atoms with Crippen LogP contribution >= 0.6 is 11.3 Å². The molecule has 1 unspecified atom stereocenters. The van der Waals surface area contributed by atoms with Crippen LogP contribution in [0.2, 0.25) is 0 Å². The van der Waals surface area contributed by atoms with Gasteiger partial charge in [0.1, 0.15) is 23.4 Å². The molecule has 6 rings (SSSR count). The van der Waals surface area contributed by atoms with Crippen LogP contribution in [0, 0.1) is 0 Å². The fourth-order valence-corrected chi connectivity index (χ4v) is 4.80. The van der Waals surface area contributed by atoms with E-state index >= 15 is 0 Å². The summed E-state index contributed by atoms with van der Waals surface area (Å²) in [5.74, 6) is 0.236. The molecular weight excluding hydrogens is 450 g/mol. The first-order chi connectivity index (χ1) is 16.7. The quantitative estimate of drug-likeness (QED) is 0.363. The zero-order chi connectivity index (χ0) is 23.1. The number of para-hydroxylation sites is 1. The van der Waals surface area contributed by atoms with E-state index in [-0.39, 0.29) is 11.2 Å². The van der Waals surface area contributed by atoms with Crippen molar-refractivity contribution >= 4 is 33.3 Å². The maximum absolute atomic E-state index is 13.6. The molecule has 1 aliphatic heterocycles.